The first-order valence-corrected chi connectivity index (χ1v) is 8.84. The highest BCUT2D eigenvalue weighted by atomic mass is 16.5. The molecule has 26 heavy (non-hydrogen) atoms. The van der Waals surface area contributed by atoms with Crippen molar-refractivity contribution < 1.29 is 9.47 Å². The lowest BCUT2D eigenvalue weighted by atomic mass is 10.1. The molecule has 4 nitrogen and oxygen atoms in total. The van der Waals surface area contributed by atoms with Crippen LogP contribution >= 0.6 is 0 Å². The van der Waals surface area contributed by atoms with E-state index in [1.807, 2.05) is 66.7 Å². The standard InChI is InChI=1S/C22H24N2O2/c1-2-3-6-16-13-21(25-19-9-4-7-17(23)14-19)11-12-22(16)26-20-10-5-8-18(24)15-20/h4-5,7-15H,2-3,6,23-24H2,1H3. The molecule has 0 spiro atoms. The Balaban J connectivity index is 1.85. The van der Waals surface area contributed by atoms with E-state index >= 15 is 0 Å². The van der Waals surface area contributed by atoms with Gasteiger partial charge in [-0.1, -0.05) is 25.5 Å². The van der Waals surface area contributed by atoms with Gasteiger partial charge in [0.05, 0.1) is 0 Å². The maximum atomic E-state index is 6.06. The van der Waals surface area contributed by atoms with Gasteiger partial charge in [0.2, 0.25) is 0 Å². The Morgan fingerprint density at radius 2 is 1.35 bits per heavy atom. The summed E-state index contributed by atoms with van der Waals surface area (Å²) in [7, 11) is 0. The predicted octanol–water partition coefficient (Wildman–Crippen LogP) is 5.78. The van der Waals surface area contributed by atoms with Gasteiger partial charge in [-0.25, -0.2) is 0 Å². The third-order valence-corrected chi connectivity index (χ3v) is 4.01. The molecule has 0 heterocycles. The molecule has 0 fully saturated rings. The van der Waals surface area contributed by atoms with Crippen molar-refractivity contribution in [2.45, 2.75) is 26.2 Å². The predicted molar refractivity (Wildman–Crippen MR) is 107 cm³/mol. The van der Waals surface area contributed by atoms with Crippen LogP contribution in [0.1, 0.15) is 25.3 Å². The lowest BCUT2D eigenvalue weighted by Gasteiger charge is -2.14. The third kappa shape index (κ3) is 4.70. The van der Waals surface area contributed by atoms with Gasteiger partial charge in [-0.3, -0.25) is 0 Å². The molecule has 0 radical (unpaired) electrons. The van der Waals surface area contributed by atoms with Crippen molar-refractivity contribution in [1.29, 1.82) is 0 Å². The Bertz CT molecular complexity index is 878. The first-order valence-electron chi connectivity index (χ1n) is 8.84. The Hall–Kier alpha value is -3.14. The van der Waals surface area contributed by atoms with Crippen LogP contribution in [0.3, 0.4) is 0 Å². The number of nitrogen functional groups attached to an aromatic ring is 2. The summed E-state index contributed by atoms with van der Waals surface area (Å²) in [6.07, 6.45) is 3.11. The average molecular weight is 348 g/mol. The van der Waals surface area contributed by atoms with Crippen LogP contribution in [-0.4, -0.2) is 0 Å². The fourth-order valence-corrected chi connectivity index (χ4v) is 2.70. The molecular weight excluding hydrogens is 324 g/mol. The number of rotatable bonds is 7. The van der Waals surface area contributed by atoms with Crippen molar-refractivity contribution in [3.05, 3.63) is 72.3 Å². The molecule has 0 aliphatic carbocycles. The first-order chi connectivity index (χ1) is 12.6. The second-order valence-corrected chi connectivity index (χ2v) is 6.22. The molecule has 3 rings (SSSR count). The molecule has 0 unspecified atom stereocenters. The van der Waals surface area contributed by atoms with Crippen LogP contribution < -0.4 is 20.9 Å². The SMILES string of the molecule is CCCCc1cc(Oc2cccc(N)c2)ccc1Oc1cccc(N)c1. The van der Waals surface area contributed by atoms with Gasteiger partial charge in [0.15, 0.2) is 0 Å². The molecule has 4 heteroatoms. The van der Waals surface area contributed by atoms with Gasteiger partial charge in [-0.2, -0.15) is 0 Å². The minimum atomic E-state index is 0.676. The summed E-state index contributed by atoms with van der Waals surface area (Å²) >= 11 is 0. The van der Waals surface area contributed by atoms with Crippen molar-refractivity contribution in [2.24, 2.45) is 0 Å². The van der Waals surface area contributed by atoms with Crippen LogP contribution in [-0.2, 0) is 6.42 Å². The summed E-state index contributed by atoms with van der Waals surface area (Å²) < 4.78 is 12.0. The van der Waals surface area contributed by atoms with E-state index in [4.69, 9.17) is 20.9 Å². The largest absolute Gasteiger partial charge is 0.457 e. The highest BCUT2D eigenvalue weighted by Crippen LogP contribution is 2.32. The van der Waals surface area contributed by atoms with Crippen molar-refractivity contribution in [3.63, 3.8) is 0 Å². The number of nitrogens with two attached hydrogens (primary N) is 2. The molecule has 3 aromatic rings. The lowest BCUT2D eigenvalue weighted by Crippen LogP contribution is -1.95. The Kier molecular flexibility index (Phi) is 5.64. The maximum absolute atomic E-state index is 6.06. The molecule has 0 saturated heterocycles. The van der Waals surface area contributed by atoms with Crippen LogP contribution in [0.2, 0.25) is 0 Å². The fraction of sp³-hybridized carbons (Fsp3) is 0.182. The molecule has 0 saturated carbocycles. The zero-order valence-electron chi connectivity index (χ0n) is 14.9. The van der Waals surface area contributed by atoms with Crippen LogP contribution in [0.25, 0.3) is 0 Å². The van der Waals surface area contributed by atoms with E-state index in [0.717, 1.165) is 47.8 Å². The van der Waals surface area contributed by atoms with Gasteiger partial charge in [0.25, 0.3) is 0 Å². The first kappa shape index (κ1) is 17.7. The molecule has 3 aromatic carbocycles. The van der Waals surface area contributed by atoms with Crippen molar-refractivity contribution in [2.75, 3.05) is 11.5 Å². The van der Waals surface area contributed by atoms with Crippen LogP contribution in [0, 0.1) is 0 Å². The van der Waals surface area contributed by atoms with Crippen molar-refractivity contribution in [1.82, 2.24) is 0 Å². The molecule has 0 amide bonds. The molecular formula is C22H24N2O2. The molecule has 0 atom stereocenters. The second kappa shape index (κ2) is 8.30. The van der Waals surface area contributed by atoms with Crippen LogP contribution in [0.15, 0.2) is 66.7 Å². The van der Waals surface area contributed by atoms with E-state index in [1.165, 1.54) is 0 Å². The van der Waals surface area contributed by atoms with Crippen molar-refractivity contribution in [3.8, 4) is 23.0 Å². The van der Waals surface area contributed by atoms with Gasteiger partial charge in [-0.05, 0) is 60.9 Å². The maximum Gasteiger partial charge on any atom is 0.130 e. The van der Waals surface area contributed by atoms with Crippen molar-refractivity contribution >= 4 is 11.4 Å². The van der Waals surface area contributed by atoms with E-state index < -0.39 is 0 Å². The minimum absolute atomic E-state index is 0.676. The monoisotopic (exact) mass is 348 g/mol. The molecule has 0 aliphatic heterocycles. The van der Waals surface area contributed by atoms with Gasteiger partial charge < -0.3 is 20.9 Å². The van der Waals surface area contributed by atoms with E-state index in [2.05, 4.69) is 6.92 Å². The number of benzene rings is 3. The van der Waals surface area contributed by atoms with E-state index in [0.29, 0.717) is 11.4 Å². The number of hydrogen-bond donors (Lipinski definition) is 2. The zero-order chi connectivity index (χ0) is 18.4. The summed E-state index contributed by atoms with van der Waals surface area (Å²) in [4.78, 5) is 0. The Morgan fingerprint density at radius 3 is 1.96 bits per heavy atom. The quantitative estimate of drug-likeness (QED) is 0.531. The summed E-state index contributed by atoms with van der Waals surface area (Å²) in [6.45, 7) is 2.17. The Morgan fingerprint density at radius 1 is 0.731 bits per heavy atom. The average Bonchev–Trinajstić information content (AvgIpc) is 2.62. The number of hydrogen-bond acceptors (Lipinski definition) is 4. The minimum Gasteiger partial charge on any atom is -0.457 e. The molecule has 0 bridgehead atoms. The number of aryl methyl sites for hydroxylation is 1. The highest BCUT2D eigenvalue weighted by molar-refractivity contribution is 5.49. The van der Waals surface area contributed by atoms with Gasteiger partial charge in [-0.15, -0.1) is 0 Å². The molecule has 4 N–H and O–H groups in total. The fourth-order valence-electron chi connectivity index (χ4n) is 2.70. The molecule has 0 aliphatic rings. The van der Waals surface area contributed by atoms with Crippen LogP contribution in [0.4, 0.5) is 11.4 Å². The van der Waals surface area contributed by atoms with Crippen LogP contribution in [0.5, 0.6) is 23.0 Å². The van der Waals surface area contributed by atoms with Gasteiger partial charge >= 0.3 is 0 Å². The smallest absolute Gasteiger partial charge is 0.130 e. The van der Waals surface area contributed by atoms with E-state index in [-0.39, 0.29) is 0 Å². The normalized spacial score (nSPS) is 10.5. The second-order valence-electron chi connectivity index (χ2n) is 6.22. The molecule has 0 aromatic heterocycles. The lowest BCUT2D eigenvalue weighted by molar-refractivity contribution is 0.463. The summed E-state index contributed by atoms with van der Waals surface area (Å²) in [5.41, 5.74) is 14.1. The van der Waals surface area contributed by atoms with Gasteiger partial charge in [0, 0.05) is 23.5 Å². The Labute approximate surface area is 154 Å². The topological polar surface area (TPSA) is 70.5 Å². The number of anilines is 2. The summed E-state index contributed by atoms with van der Waals surface area (Å²) in [5, 5.41) is 0. The van der Waals surface area contributed by atoms with Gasteiger partial charge in [0.1, 0.15) is 23.0 Å². The number of ether oxygens (including phenoxy) is 2. The third-order valence-electron chi connectivity index (χ3n) is 4.01. The van der Waals surface area contributed by atoms with E-state index in [1.54, 1.807) is 0 Å². The highest BCUT2D eigenvalue weighted by Gasteiger charge is 2.09. The summed E-state index contributed by atoms with van der Waals surface area (Å²) in [6, 6.07) is 20.7. The summed E-state index contributed by atoms with van der Waals surface area (Å²) in [5.74, 6) is 3.04. The number of unbranched alkanes of at least 4 members (excludes halogenated alkanes) is 1. The zero-order valence-corrected chi connectivity index (χ0v) is 14.9. The molecule has 134 valence electrons. The van der Waals surface area contributed by atoms with E-state index in [9.17, 15) is 0 Å².